The Hall–Kier alpha value is -2.85. The van der Waals surface area contributed by atoms with Gasteiger partial charge < -0.3 is 15.4 Å². The minimum atomic E-state index is -0.271. The predicted octanol–water partition coefficient (Wildman–Crippen LogP) is 1.44. The molecule has 0 aliphatic carbocycles. The fourth-order valence-corrected chi connectivity index (χ4v) is 3.39. The summed E-state index contributed by atoms with van der Waals surface area (Å²) in [6, 6.07) is 5.15. The zero-order chi connectivity index (χ0) is 18.6. The normalized spacial score (nSPS) is 16.5. The first-order valence-corrected chi connectivity index (χ1v) is 9.35. The van der Waals surface area contributed by atoms with Crippen LogP contribution in [0.2, 0.25) is 0 Å². The van der Waals surface area contributed by atoms with Crippen molar-refractivity contribution in [1.29, 1.82) is 0 Å². The number of ether oxygens (including phenoxy) is 1. The van der Waals surface area contributed by atoms with Gasteiger partial charge in [0, 0.05) is 24.9 Å². The summed E-state index contributed by atoms with van der Waals surface area (Å²) in [6.45, 7) is 1.35. The Morgan fingerprint density at radius 1 is 1.30 bits per heavy atom. The monoisotopic (exact) mass is 386 g/mol. The zero-order valence-electron chi connectivity index (χ0n) is 14.4. The minimum absolute atomic E-state index is 0.0824. The molecule has 2 N–H and O–H groups in total. The molecule has 1 unspecified atom stereocenters. The van der Waals surface area contributed by atoms with E-state index >= 15 is 0 Å². The smallest absolute Gasteiger partial charge is 0.255 e. The summed E-state index contributed by atoms with van der Waals surface area (Å²) in [5.41, 5.74) is 2.45. The van der Waals surface area contributed by atoms with E-state index in [4.69, 9.17) is 4.74 Å². The lowest BCUT2D eigenvalue weighted by Gasteiger charge is -2.10. The van der Waals surface area contributed by atoms with Crippen molar-refractivity contribution in [1.82, 2.24) is 23.8 Å². The van der Waals surface area contributed by atoms with E-state index in [1.54, 1.807) is 24.4 Å². The van der Waals surface area contributed by atoms with Crippen molar-refractivity contribution in [3.05, 3.63) is 36.2 Å². The molecule has 1 atom stereocenters. The molecule has 0 radical (unpaired) electrons. The third kappa shape index (κ3) is 4.29. The summed E-state index contributed by atoms with van der Waals surface area (Å²) < 4.78 is 15.2. The lowest BCUT2D eigenvalue weighted by Crippen LogP contribution is -2.34. The third-order valence-corrected chi connectivity index (χ3v) is 4.82. The van der Waals surface area contributed by atoms with Crippen LogP contribution < -0.4 is 10.6 Å². The van der Waals surface area contributed by atoms with Gasteiger partial charge in [-0.2, -0.15) is 13.8 Å². The summed E-state index contributed by atoms with van der Waals surface area (Å²) in [4.78, 5) is 24.4. The molecule has 3 aromatic rings. The molecule has 140 valence electrons. The number of carbonyl (C=O) groups is 2. The van der Waals surface area contributed by atoms with Crippen molar-refractivity contribution in [2.75, 3.05) is 18.5 Å². The number of hydrogen-bond donors (Lipinski definition) is 2. The molecule has 9 nitrogen and oxygen atoms in total. The molecule has 1 aliphatic heterocycles. The van der Waals surface area contributed by atoms with E-state index in [2.05, 4.69) is 24.5 Å². The van der Waals surface area contributed by atoms with Crippen molar-refractivity contribution < 1.29 is 14.3 Å². The first-order chi connectivity index (χ1) is 13.2. The first-order valence-electron chi connectivity index (χ1n) is 8.62. The Labute approximate surface area is 159 Å². The molecular formula is C17H18N6O3S. The molecule has 1 aromatic carbocycles. The Morgan fingerprint density at radius 2 is 2.19 bits per heavy atom. The van der Waals surface area contributed by atoms with E-state index in [0.717, 1.165) is 36.7 Å². The highest BCUT2D eigenvalue weighted by molar-refractivity contribution is 7.00. The van der Waals surface area contributed by atoms with Crippen LogP contribution >= 0.6 is 11.7 Å². The average Bonchev–Trinajstić information content (AvgIpc) is 3.41. The second kappa shape index (κ2) is 7.80. The molecule has 10 heteroatoms. The molecule has 0 spiro atoms. The van der Waals surface area contributed by atoms with Crippen LogP contribution in [0.15, 0.2) is 30.6 Å². The summed E-state index contributed by atoms with van der Waals surface area (Å²) in [7, 11) is 0. The van der Waals surface area contributed by atoms with Gasteiger partial charge in [-0.05, 0) is 31.0 Å². The lowest BCUT2D eigenvalue weighted by atomic mass is 10.2. The van der Waals surface area contributed by atoms with Gasteiger partial charge in [0.2, 0.25) is 5.91 Å². The van der Waals surface area contributed by atoms with E-state index in [-0.39, 0.29) is 24.5 Å². The molecule has 1 saturated heterocycles. The molecule has 4 rings (SSSR count). The van der Waals surface area contributed by atoms with Gasteiger partial charge in [0.1, 0.15) is 17.6 Å². The molecule has 1 aliphatic rings. The van der Waals surface area contributed by atoms with Gasteiger partial charge in [0.25, 0.3) is 5.91 Å². The van der Waals surface area contributed by atoms with Crippen LogP contribution in [0.25, 0.3) is 11.0 Å². The third-order valence-electron chi connectivity index (χ3n) is 4.26. The second-order valence-electron chi connectivity index (χ2n) is 6.29. The second-order valence-corrected chi connectivity index (χ2v) is 6.82. The fourth-order valence-electron chi connectivity index (χ4n) is 2.88. The number of carbonyl (C=O) groups excluding carboxylic acids is 2. The van der Waals surface area contributed by atoms with Gasteiger partial charge in [-0.25, -0.2) is 0 Å². The maximum atomic E-state index is 12.4. The number of aromatic nitrogens is 4. The quantitative estimate of drug-likeness (QED) is 0.663. The van der Waals surface area contributed by atoms with Gasteiger partial charge >= 0.3 is 0 Å². The Balaban J connectivity index is 1.31. The number of nitrogens with zero attached hydrogens (tertiary/aromatic N) is 4. The zero-order valence-corrected chi connectivity index (χ0v) is 15.2. The van der Waals surface area contributed by atoms with Crippen LogP contribution in [0.3, 0.4) is 0 Å². The average molecular weight is 386 g/mol. The van der Waals surface area contributed by atoms with Crippen molar-refractivity contribution >= 4 is 40.3 Å². The van der Waals surface area contributed by atoms with E-state index < -0.39 is 0 Å². The van der Waals surface area contributed by atoms with Crippen LogP contribution in [0.1, 0.15) is 23.2 Å². The molecule has 27 heavy (non-hydrogen) atoms. The number of amides is 2. The van der Waals surface area contributed by atoms with Crippen molar-refractivity contribution in [2.24, 2.45) is 0 Å². The fraction of sp³-hybridized carbons (Fsp3) is 0.353. The van der Waals surface area contributed by atoms with Gasteiger partial charge in [-0.15, -0.1) is 0 Å². The Morgan fingerprint density at radius 3 is 3.04 bits per heavy atom. The highest BCUT2D eigenvalue weighted by Gasteiger charge is 2.16. The summed E-state index contributed by atoms with van der Waals surface area (Å²) in [5, 5.41) is 9.72. The van der Waals surface area contributed by atoms with Gasteiger partial charge in [0.05, 0.1) is 29.7 Å². The van der Waals surface area contributed by atoms with Gasteiger partial charge in [-0.1, -0.05) is 0 Å². The van der Waals surface area contributed by atoms with Gasteiger partial charge in [0.15, 0.2) is 0 Å². The van der Waals surface area contributed by atoms with E-state index in [1.807, 2.05) is 0 Å². The van der Waals surface area contributed by atoms with Crippen LogP contribution in [0, 0.1) is 0 Å². The number of benzene rings is 1. The predicted molar refractivity (Wildman–Crippen MR) is 99.6 cm³/mol. The Kier molecular flexibility index (Phi) is 5.07. The number of fused-ring (bicyclic) bond motifs is 1. The van der Waals surface area contributed by atoms with Crippen molar-refractivity contribution in [2.45, 2.75) is 25.5 Å². The van der Waals surface area contributed by atoms with Crippen molar-refractivity contribution in [3.8, 4) is 0 Å². The van der Waals surface area contributed by atoms with E-state index in [0.29, 0.717) is 23.3 Å². The van der Waals surface area contributed by atoms with Crippen LogP contribution in [0.5, 0.6) is 0 Å². The highest BCUT2D eigenvalue weighted by Crippen LogP contribution is 2.15. The SMILES string of the molecule is O=C(Cn1cc(NC(=O)c2ccc3nsnc3c2)cn1)NCC1CCCO1. The summed E-state index contributed by atoms with van der Waals surface area (Å²) in [5.74, 6) is -0.416. The van der Waals surface area contributed by atoms with Crippen molar-refractivity contribution in [3.63, 3.8) is 0 Å². The number of hydrogen-bond acceptors (Lipinski definition) is 7. The number of rotatable bonds is 6. The molecule has 1 fully saturated rings. The topological polar surface area (TPSA) is 111 Å². The Bertz CT molecular complexity index is 962. The molecule has 0 bridgehead atoms. The maximum absolute atomic E-state index is 12.4. The number of anilines is 1. The van der Waals surface area contributed by atoms with E-state index in [9.17, 15) is 9.59 Å². The molecule has 0 saturated carbocycles. The van der Waals surface area contributed by atoms with E-state index in [1.165, 1.54) is 10.9 Å². The van der Waals surface area contributed by atoms with Gasteiger partial charge in [-0.3, -0.25) is 14.3 Å². The summed E-state index contributed by atoms with van der Waals surface area (Å²) >= 11 is 1.11. The van der Waals surface area contributed by atoms with Crippen LogP contribution in [0.4, 0.5) is 5.69 Å². The molecule has 3 heterocycles. The maximum Gasteiger partial charge on any atom is 0.255 e. The number of nitrogens with one attached hydrogen (secondary N) is 2. The van der Waals surface area contributed by atoms with Crippen LogP contribution in [-0.2, 0) is 16.1 Å². The molecule has 2 aromatic heterocycles. The standard InChI is InChI=1S/C17H18N6O3S/c24-16(18-8-13-2-1-5-26-13)10-23-9-12(7-19-23)20-17(25)11-3-4-14-15(6-11)22-27-21-14/h3-4,6-7,9,13H,1-2,5,8,10H2,(H,18,24)(H,20,25). The molecular weight excluding hydrogens is 368 g/mol. The summed E-state index contributed by atoms with van der Waals surface area (Å²) in [6.07, 6.45) is 5.24. The first kappa shape index (κ1) is 17.6. The highest BCUT2D eigenvalue weighted by atomic mass is 32.1. The van der Waals surface area contributed by atoms with Crippen LogP contribution in [-0.4, -0.2) is 49.6 Å². The minimum Gasteiger partial charge on any atom is -0.376 e. The lowest BCUT2D eigenvalue weighted by molar-refractivity contribution is -0.122. The largest absolute Gasteiger partial charge is 0.376 e. The molecule has 2 amide bonds.